The Morgan fingerprint density at radius 2 is 1.83 bits per heavy atom. The van der Waals surface area contributed by atoms with E-state index in [1.807, 2.05) is 41.1 Å². The fourth-order valence-corrected chi connectivity index (χ4v) is 4.18. The predicted octanol–water partition coefficient (Wildman–Crippen LogP) is 2.42. The van der Waals surface area contributed by atoms with Gasteiger partial charge >= 0.3 is 0 Å². The first-order chi connectivity index (χ1) is 11.8. The smallest absolute Gasteiger partial charge is 0.250 e. The lowest BCUT2D eigenvalue weighted by Crippen LogP contribution is -2.47. The lowest BCUT2D eigenvalue weighted by atomic mass is 9.83. The van der Waals surface area contributed by atoms with Crippen LogP contribution >= 0.6 is 0 Å². The molecule has 5 nitrogen and oxygen atoms in total. The molecule has 1 aromatic carbocycles. The Bertz CT molecular complexity index is 980. The minimum atomic E-state index is 0.126. The molecule has 5 heteroatoms. The van der Waals surface area contributed by atoms with Gasteiger partial charge in [-0.1, -0.05) is 18.2 Å². The van der Waals surface area contributed by atoms with Crippen molar-refractivity contribution in [2.75, 3.05) is 18.0 Å². The molecule has 2 aromatic heterocycles. The topological polar surface area (TPSA) is 51.0 Å². The molecule has 0 aliphatic carbocycles. The summed E-state index contributed by atoms with van der Waals surface area (Å²) in [5.74, 6) is 1.82. The number of aromatic nitrogens is 3. The Labute approximate surface area is 139 Å². The van der Waals surface area contributed by atoms with E-state index in [0.717, 1.165) is 48.6 Å². The van der Waals surface area contributed by atoms with E-state index in [1.165, 1.54) is 0 Å². The molecule has 120 valence electrons. The molecule has 0 saturated carbocycles. The summed E-state index contributed by atoms with van der Waals surface area (Å²) in [6.45, 7) is 2.64. The Balaban J connectivity index is 1.52. The van der Waals surface area contributed by atoms with Crippen molar-refractivity contribution in [3.05, 3.63) is 64.7 Å². The van der Waals surface area contributed by atoms with Crippen molar-refractivity contribution in [3.8, 4) is 0 Å². The van der Waals surface area contributed by atoms with Gasteiger partial charge < -0.3 is 9.47 Å². The molecule has 3 aromatic rings. The Morgan fingerprint density at radius 3 is 2.75 bits per heavy atom. The van der Waals surface area contributed by atoms with Gasteiger partial charge in [0, 0.05) is 37.3 Å². The summed E-state index contributed by atoms with van der Waals surface area (Å²) in [4.78, 5) is 23.8. The van der Waals surface area contributed by atoms with Gasteiger partial charge in [-0.3, -0.25) is 9.78 Å². The molecule has 2 aliphatic heterocycles. The van der Waals surface area contributed by atoms with E-state index in [4.69, 9.17) is 4.98 Å². The van der Waals surface area contributed by atoms with Gasteiger partial charge in [0.15, 0.2) is 0 Å². The molecule has 24 heavy (non-hydrogen) atoms. The highest BCUT2D eigenvalue weighted by atomic mass is 16.1. The SMILES string of the molecule is O=c1cccc2n1CC1CC2CN(c2cnc3ccccc3n2)C1. The third-order valence-corrected chi connectivity index (χ3v) is 5.24. The van der Waals surface area contributed by atoms with Crippen LogP contribution in [-0.4, -0.2) is 27.6 Å². The van der Waals surface area contributed by atoms with Crippen molar-refractivity contribution in [3.63, 3.8) is 0 Å². The Morgan fingerprint density at radius 1 is 0.958 bits per heavy atom. The first-order valence-corrected chi connectivity index (χ1v) is 8.44. The highest BCUT2D eigenvalue weighted by molar-refractivity contribution is 5.75. The molecule has 0 radical (unpaired) electrons. The lowest BCUT2D eigenvalue weighted by molar-refractivity contribution is 0.280. The molecule has 1 saturated heterocycles. The third-order valence-electron chi connectivity index (χ3n) is 5.24. The standard InChI is InChI=1S/C19H18N4O/c24-19-7-3-6-17-14-8-13(11-23(17)19)10-22(12-14)18-9-20-15-4-1-2-5-16(15)21-18/h1-7,9,13-14H,8,10-12H2. The normalized spacial score (nSPS) is 22.4. The number of piperidine rings is 1. The minimum Gasteiger partial charge on any atom is -0.354 e. The summed E-state index contributed by atoms with van der Waals surface area (Å²) in [5, 5.41) is 0. The van der Waals surface area contributed by atoms with Crippen molar-refractivity contribution in [2.24, 2.45) is 5.92 Å². The van der Waals surface area contributed by atoms with Crippen LogP contribution in [0.3, 0.4) is 0 Å². The second-order valence-electron chi connectivity index (χ2n) is 6.82. The van der Waals surface area contributed by atoms with Crippen LogP contribution in [0.5, 0.6) is 0 Å². The van der Waals surface area contributed by atoms with Crippen LogP contribution in [-0.2, 0) is 6.54 Å². The first-order valence-electron chi connectivity index (χ1n) is 8.44. The van der Waals surface area contributed by atoms with Gasteiger partial charge in [0.05, 0.1) is 17.2 Å². The second-order valence-corrected chi connectivity index (χ2v) is 6.82. The first kappa shape index (κ1) is 13.7. The molecule has 1 fully saturated rings. The maximum absolute atomic E-state index is 12.1. The molecule has 0 spiro atoms. The maximum Gasteiger partial charge on any atom is 0.250 e. The zero-order valence-corrected chi connectivity index (χ0v) is 13.3. The third kappa shape index (κ3) is 2.12. The van der Waals surface area contributed by atoms with E-state index in [-0.39, 0.29) is 5.56 Å². The zero-order valence-electron chi connectivity index (χ0n) is 13.3. The number of pyridine rings is 1. The largest absolute Gasteiger partial charge is 0.354 e. The quantitative estimate of drug-likeness (QED) is 0.691. The van der Waals surface area contributed by atoms with Gasteiger partial charge in [-0.25, -0.2) is 4.98 Å². The molecule has 2 unspecified atom stereocenters. The predicted molar refractivity (Wildman–Crippen MR) is 93.3 cm³/mol. The number of fused-ring (bicyclic) bond motifs is 5. The Kier molecular flexibility index (Phi) is 2.95. The number of anilines is 1. The number of rotatable bonds is 1. The summed E-state index contributed by atoms with van der Waals surface area (Å²) in [6.07, 6.45) is 3.03. The molecular formula is C19H18N4O. The second kappa shape index (κ2) is 5.16. The lowest BCUT2D eigenvalue weighted by Gasteiger charge is -2.43. The van der Waals surface area contributed by atoms with Crippen LogP contribution in [0.15, 0.2) is 53.5 Å². The molecule has 2 atom stereocenters. The molecule has 0 amide bonds. The van der Waals surface area contributed by atoms with Crippen LogP contribution in [0.25, 0.3) is 11.0 Å². The summed E-state index contributed by atoms with van der Waals surface area (Å²) < 4.78 is 1.96. The minimum absolute atomic E-state index is 0.126. The van der Waals surface area contributed by atoms with E-state index >= 15 is 0 Å². The van der Waals surface area contributed by atoms with Crippen molar-refractivity contribution < 1.29 is 0 Å². The molecule has 2 bridgehead atoms. The van der Waals surface area contributed by atoms with Crippen LogP contribution in [0.4, 0.5) is 5.82 Å². The average Bonchev–Trinajstić information content (AvgIpc) is 2.62. The summed E-state index contributed by atoms with van der Waals surface area (Å²) >= 11 is 0. The number of para-hydroxylation sites is 2. The van der Waals surface area contributed by atoms with Gasteiger partial charge in [-0.15, -0.1) is 0 Å². The van der Waals surface area contributed by atoms with Gasteiger partial charge in [0.25, 0.3) is 5.56 Å². The van der Waals surface area contributed by atoms with Gasteiger partial charge in [-0.05, 0) is 30.5 Å². The summed E-state index contributed by atoms with van der Waals surface area (Å²) in [7, 11) is 0. The van der Waals surface area contributed by atoms with Crippen LogP contribution in [0.2, 0.25) is 0 Å². The molecular weight excluding hydrogens is 300 g/mol. The van der Waals surface area contributed by atoms with Gasteiger partial charge in [0.1, 0.15) is 5.82 Å². The zero-order chi connectivity index (χ0) is 16.1. The average molecular weight is 318 g/mol. The summed E-state index contributed by atoms with van der Waals surface area (Å²) in [5.41, 5.74) is 3.15. The van der Waals surface area contributed by atoms with Crippen molar-refractivity contribution in [1.82, 2.24) is 14.5 Å². The molecule has 5 rings (SSSR count). The summed E-state index contributed by atoms with van der Waals surface area (Å²) in [6, 6.07) is 13.6. The maximum atomic E-state index is 12.1. The van der Waals surface area contributed by atoms with E-state index in [1.54, 1.807) is 6.07 Å². The van der Waals surface area contributed by atoms with E-state index < -0.39 is 0 Å². The number of hydrogen-bond acceptors (Lipinski definition) is 4. The molecule has 2 aliphatic rings. The highest BCUT2D eigenvalue weighted by Gasteiger charge is 2.35. The molecule has 0 N–H and O–H groups in total. The number of nitrogens with zero attached hydrogens (tertiary/aromatic N) is 4. The van der Waals surface area contributed by atoms with Crippen LogP contribution in [0, 0.1) is 5.92 Å². The van der Waals surface area contributed by atoms with E-state index in [0.29, 0.717) is 11.8 Å². The van der Waals surface area contributed by atoms with Crippen molar-refractivity contribution >= 4 is 16.9 Å². The van der Waals surface area contributed by atoms with Gasteiger partial charge in [-0.2, -0.15) is 0 Å². The Hall–Kier alpha value is -2.69. The molecule has 4 heterocycles. The van der Waals surface area contributed by atoms with Crippen LogP contribution < -0.4 is 10.5 Å². The highest BCUT2D eigenvalue weighted by Crippen LogP contribution is 2.36. The number of benzene rings is 1. The van der Waals surface area contributed by atoms with Crippen molar-refractivity contribution in [1.29, 1.82) is 0 Å². The van der Waals surface area contributed by atoms with E-state index in [9.17, 15) is 4.79 Å². The van der Waals surface area contributed by atoms with Gasteiger partial charge in [0.2, 0.25) is 0 Å². The fraction of sp³-hybridized carbons (Fsp3) is 0.316. The monoisotopic (exact) mass is 318 g/mol. The van der Waals surface area contributed by atoms with Crippen LogP contribution in [0.1, 0.15) is 18.0 Å². The fourth-order valence-electron chi connectivity index (χ4n) is 4.18. The van der Waals surface area contributed by atoms with Crippen molar-refractivity contribution in [2.45, 2.75) is 18.9 Å². The number of hydrogen-bond donors (Lipinski definition) is 0. The van der Waals surface area contributed by atoms with E-state index in [2.05, 4.69) is 16.0 Å².